The molecule has 1 N–H and O–H groups in total. The summed E-state index contributed by atoms with van der Waals surface area (Å²) in [5.41, 5.74) is 7.22. The minimum Gasteiger partial charge on any atom is -0.352 e. The molecule has 0 bridgehead atoms. The number of aryl methyl sites for hydroxylation is 2. The van der Waals surface area contributed by atoms with Crippen LogP contribution >= 0.6 is 12.2 Å². The molecule has 28 heavy (non-hydrogen) atoms. The van der Waals surface area contributed by atoms with Crippen molar-refractivity contribution in [3.05, 3.63) is 82.9 Å². The van der Waals surface area contributed by atoms with Crippen LogP contribution in [0.25, 0.3) is 0 Å². The lowest BCUT2D eigenvalue weighted by Crippen LogP contribution is -2.29. The first-order valence-corrected chi connectivity index (χ1v) is 10.1. The number of hydrogen-bond donors (Lipinski definition) is 1. The van der Waals surface area contributed by atoms with Crippen molar-refractivity contribution in [1.82, 2.24) is 14.9 Å². The van der Waals surface area contributed by atoms with Crippen LogP contribution in [0.2, 0.25) is 0 Å². The van der Waals surface area contributed by atoms with Gasteiger partial charge >= 0.3 is 0 Å². The number of pyridine rings is 1. The Morgan fingerprint density at radius 2 is 1.86 bits per heavy atom. The number of nitrogens with one attached hydrogen (secondary N) is 1. The molecular formula is C23H26N4S. The average Bonchev–Trinajstić information content (AvgIpc) is 3.20. The van der Waals surface area contributed by atoms with Gasteiger partial charge < -0.3 is 14.8 Å². The van der Waals surface area contributed by atoms with Gasteiger partial charge in [-0.3, -0.25) is 4.98 Å². The Hall–Kier alpha value is -2.66. The topological polar surface area (TPSA) is 33.1 Å². The monoisotopic (exact) mass is 390 g/mol. The van der Waals surface area contributed by atoms with Crippen LogP contribution in [0.3, 0.4) is 0 Å². The van der Waals surface area contributed by atoms with Crippen molar-refractivity contribution in [2.45, 2.75) is 39.3 Å². The number of nitrogens with zero attached hydrogens (tertiary/aromatic N) is 3. The quantitative estimate of drug-likeness (QED) is 0.650. The highest BCUT2D eigenvalue weighted by Gasteiger charge is 2.42. The van der Waals surface area contributed by atoms with E-state index in [1.54, 1.807) is 0 Å². The molecule has 0 spiro atoms. The molecule has 5 heteroatoms. The van der Waals surface area contributed by atoms with Gasteiger partial charge in [0.15, 0.2) is 5.11 Å². The molecule has 0 unspecified atom stereocenters. The Kier molecular flexibility index (Phi) is 4.94. The number of thiocarbonyl (C=S) groups is 1. The predicted octanol–water partition coefficient (Wildman–Crippen LogP) is 4.78. The number of rotatable bonds is 4. The summed E-state index contributed by atoms with van der Waals surface area (Å²) >= 11 is 5.80. The highest BCUT2D eigenvalue weighted by Crippen LogP contribution is 2.43. The lowest BCUT2D eigenvalue weighted by Gasteiger charge is -2.28. The summed E-state index contributed by atoms with van der Waals surface area (Å²) in [5.74, 6) is 0. The molecule has 1 fully saturated rings. The van der Waals surface area contributed by atoms with E-state index < -0.39 is 0 Å². The minimum atomic E-state index is 0.0000478. The molecule has 0 aliphatic carbocycles. The lowest BCUT2D eigenvalue weighted by atomic mass is 9.96. The molecule has 1 aliphatic heterocycles. The lowest BCUT2D eigenvalue weighted by molar-refractivity contribution is 0.564. The van der Waals surface area contributed by atoms with E-state index in [4.69, 9.17) is 12.2 Å². The highest BCUT2D eigenvalue weighted by molar-refractivity contribution is 7.80. The predicted molar refractivity (Wildman–Crippen MR) is 119 cm³/mol. The Bertz CT molecular complexity index is 991. The van der Waals surface area contributed by atoms with Crippen LogP contribution < -0.4 is 10.2 Å². The summed E-state index contributed by atoms with van der Waals surface area (Å²) in [4.78, 5) is 6.88. The van der Waals surface area contributed by atoms with Crippen molar-refractivity contribution >= 4 is 23.0 Å². The van der Waals surface area contributed by atoms with Gasteiger partial charge in [-0.15, -0.1) is 0 Å². The molecule has 0 amide bonds. The molecule has 144 valence electrons. The number of benzene rings is 1. The maximum atomic E-state index is 5.80. The van der Waals surface area contributed by atoms with E-state index in [2.05, 4.69) is 84.0 Å². The fourth-order valence-electron chi connectivity index (χ4n) is 4.03. The highest BCUT2D eigenvalue weighted by atomic mass is 32.1. The summed E-state index contributed by atoms with van der Waals surface area (Å²) < 4.78 is 2.24. The van der Waals surface area contributed by atoms with Crippen LogP contribution in [0.15, 0.2) is 54.7 Å². The normalized spacial score (nSPS) is 19.1. The molecule has 1 aliphatic rings. The molecule has 0 radical (unpaired) electrons. The van der Waals surface area contributed by atoms with Crippen LogP contribution in [-0.4, -0.2) is 14.7 Å². The van der Waals surface area contributed by atoms with Gasteiger partial charge in [0.1, 0.15) is 0 Å². The van der Waals surface area contributed by atoms with Crippen molar-refractivity contribution in [1.29, 1.82) is 0 Å². The molecular weight excluding hydrogens is 364 g/mol. The minimum absolute atomic E-state index is 0.0000478. The van der Waals surface area contributed by atoms with Gasteiger partial charge in [-0.25, -0.2) is 0 Å². The van der Waals surface area contributed by atoms with Gasteiger partial charge in [0.25, 0.3) is 0 Å². The molecule has 1 aromatic carbocycles. The van der Waals surface area contributed by atoms with E-state index in [1.807, 2.05) is 18.3 Å². The van der Waals surface area contributed by atoms with Gasteiger partial charge in [-0.1, -0.05) is 25.1 Å². The van der Waals surface area contributed by atoms with Gasteiger partial charge in [-0.2, -0.15) is 0 Å². The largest absolute Gasteiger partial charge is 0.352 e. The number of aromatic nitrogens is 2. The summed E-state index contributed by atoms with van der Waals surface area (Å²) in [6.45, 7) is 6.50. The zero-order valence-electron chi connectivity index (χ0n) is 16.8. The first-order valence-electron chi connectivity index (χ1n) is 9.73. The van der Waals surface area contributed by atoms with Crippen molar-refractivity contribution in [2.24, 2.45) is 7.05 Å². The average molecular weight is 391 g/mol. The smallest absolute Gasteiger partial charge is 0.174 e. The summed E-state index contributed by atoms with van der Waals surface area (Å²) in [6.07, 6.45) is 2.87. The van der Waals surface area contributed by atoms with Gasteiger partial charge in [0.05, 0.1) is 17.8 Å². The molecule has 0 saturated carbocycles. The van der Waals surface area contributed by atoms with Crippen LogP contribution in [0.4, 0.5) is 5.69 Å². The SMILES string of the molecule is CCc1ccc(N2C(=S)N[C@@H](c3ccccn3)[C@H]2c2cc(C)n(C)c2C)cc1. The second kappa shape index (κ2) is 7.40. The molecule has 3 aromatic rings. The first-order chi connectivity index (χ1) is 13.5. The van der Waals surface area contributed by atoms with Crippen LogP contribution in [-0.2, 0) is 13.5 Å². The van der Waals surface area contributed by atoms with Gasteiger partial charge in [0.2, 0.25) is 0 Å². The van der Waals surface area contributed by atoms with E-state index in [0.717, 1.165) is 22.9 Å². The third-order valence-electron chi connectivity index (χ3n) is 5.85. The van der Waals surface area contributed by atoms with Crippen LogP contribution in [0, 0.1) is 13.8 Å². The Balaban J connectivity index is 1.85. The van der Waals surface area contributed by atoms with Crippen molar-refractivity contribution in [3.8, 4) is 0 Å². The molecule has 2 atom stereocenters. The maximum absolute atomic E-state index is 5.80. The fourth-order valence-corrected chi connectivity index (χ4v) is 4.37. The second-order valence-electron chi connectivity index (χ2n) is 7.40. The zero-order chi connectivity index (χ0) is 19.8. The maximum Gasteiger partial charge on any atom is 0.174 e. The van der Waals surface area contributed by atoms with Crippen molar-refractivity contribution in [3.63, 3.8) is 0 Å². The molecule has 1 saturated heterocycles. The Labute approximate surface area is 172 Å². The molecule has 4 rings (SSSR count). The summed E-state index contributed by atoms with van der Waals surface area (Å²) in [7, 11) is 2.12. The molecule has 2 aromatic heterocycles. The van der Waals surface area contributed by atoms with E-state index in [-0.39, 0.29) is 12.1 Å². The molecule has 3 heterocycles. The van der Waals surface area contributed by atoms with Crippen LogP contribution in [0.1, 0.15) is 47.2 Å². The van der Waals surface area contributed by atoms with Gasteiger partial charge in [-0.05, 0) is 73.9 Å². The standard InChI is InChI=1S/C23H26N4S/c1-5-17-9-11-18(12-10-17)27-22(19-14-15(2)26(4)16(19)3)21(25-23(27)28)20-8-6-7-13-24-20/h6-14,21-22H,5H2,1-4H3,(H,25,28)/t21-,22+/m0/s1. The number of anilines is 1. The summed E-state index contributed by atoms with van der Waals surface area (Å²) in [6, 6.07) is 17.1. The van der Waals surface area contributed by atoms with Crippen LogP contribution in [0.5, 0.6) is 0 Å². The Morgan fingerprint density at radius 3 is 2.43 bits per heavy atom. The van der Waals surface area contributed by atoms with Crippen molar-refractivity contribution < 1.29 is 0 Å². The third-order valence-corrected chi connectivity index (χ3v) is 6.17. The summed E-state index contributed by atoms with van der Waals surface area (Å²) in [5, 5.41) is 4.28. The van der Waals surface area contributed by atoms with Crippen molar-refractivity contribution in [2.75, 3.05) is 4.90 Å². The zero-order valence-corrected chi connectivity index (χ0v) is 17.6. The van der Waals surface area contributed by atoms with E-state index in [9.17, 15) is 0 Å². The Morgan fingerprint density at radius 1 is 1.11 bits per heavy atom. The first kappa shape index (κ1) is 18.7. The third kappa shape index (κ3) is 3.10. The van der Waals surface area contributed by atoms with E-state index in [0.29, 0.717) is 0 Å². The fraction of sp³-hybridized carbons (Fsp3) is 0.304. The van der Waals surface area contributed by atoms with E-state index >= 15 is 0 Å². The van der Waals surface area contributed by atoms with Gasteiger partial charge in [0, 0.05) is 30.3 Å². The van der Waals surface area contributed by atoms with E-state index in [1.165, 1.54) is 22.5 Å². The number of hydrogen-bond acceptors (Lipinski definition) is 2. The molecule has 4 nitrogen and oxygen atoms in total. The second-order valence-corrected chi connectivity index (χ2v) is 7.79.